The van der Waals surface area contributed by atoms with Crippen molar-refractivity contribution in [1.82, 2.24) is 4.90 Å². The van der Waals surface area contributed by atoms with Gasteiger partial charge < -0.3 is 27.2 Å². The maximum Gasteiger partial charge on any atom is 0.198 e. The number of halogens is 1. The minimum atomic E-state index is -1.07. The molecule has 3 aliphatic heterocycles. The van der Waals surface area contributed by atoms with Crippen LogP contribution in [0.5, 0.6) is 0 Å². The molecule has 3 aliphatic rings. The standard InChI is InChI=1S/C12H14N4O2.ClH/c17-12(18)15-4-1-9(2-5-15)11-10-7-13-3-6-16(10)8-14-11;/h3,6-9H,1-2,4-5H2,(H,17,18);1H/p-1. The Morgan fingerprint density at radius 1 is 1.42 bits per heavy atom. The van der Waals surface area contributed by atoms with E-state index in [1.807, 2.05) is 18.8 Å². The number of nitrogens with one attached hydrogen (secondary N) is 1. The van der Waals surface area contributed by atoms with Gasteiger partial charge in [0.15, 0.2) is 12.0 Å². The Bertz CT molecular complexity index is 490. The summed E-state index contributed by atoms with van der Waals surface area (Å²) in [4.78, 5) is 21.8. The third-order valence-electron chi connectivity index (χ3n) is 3.61. The fourth-order valence-corrected chi connectivity index (χ4v) is 2.60. The average Bonchev–Trinajstić information content (AvgIpc) is 2.82. The Kier molecular flexibility index (Phi) is 4.01. The predicted molar refractivity (Wildman–Crippen MR) is 63.8 cm³/mol. The number of carbonyl (C=O) groups is 1. The number of aliphatic imine (C=N–C) groups is 2. The number of nitrogens with zero attached hydrogens (tertiary/aromatic N) is 3. The summed E-state index contributed by atoms with van der Waals surface area (Å²) in [5, 5.41) is 10.7. The zero-order valence-electron chi connectivity index (χ0n) is 10.3. The van der Waals surface area contributed by atoms with Gasteiger partial charge in [0.1, 0.15) is 18.0 Å². The van der Waals surface area contributed by atoms with Crippen LogP contribution in [-0.2, 0) is 0 Å². The van der Waals surface area contributed by atoms with Crippen LogP contribution in [0.2, 0.25) is 0 Å². The Labute approximate surface area is 117 Å². The second kappa shape index (κ2) is 5.54. The zero-order chi connectivity index (χ0) is 12.5. The Balaban J connectivity index is 0.00000133. The molecule has 19 heavy (non-hydrogen) atoms. The monoisotopic (exact) mass is 281 g/mol. The molecule has 1 amide bonds. The number of piperidine rings is 1. The molecule has 0 aromatic heterocycles. The first kappa shape index (κ1) is 13.8. The van der Waals surface area contributed by atoms with Crippen molar-refractivity contribution in [2.24, 2.45) is 15.9 Å². The number of carboxylic acid groups (broad SMARTS) is 1. The van der Waals surface area contributed by atoms with Crippen molar-refractivity contribution in [2.75, 3.05) is 13.1 Å². The van der Waals surface area contributed by atoms with Crippen LogP contribution in [0.4, 0.5) is 4.79 Å². The summed E-state index contributed by atoms with van der Waals surface area (Å²) < 4.78 is 0. The van der Waals surface area contributed by atoms with Gasteiger partial charge in [-0.1, -0.05) is 0 Å². The van der Waals surface area contributed by atoms with Gasteiger partial charge in [0.25, 0.3) is 0 Å². The number of allylic oxidation sites excluding steroid dienone is 2. The van der Waals surface area contributed by atoms with Gasteiger partial charge >= 0.3 is 0 Å². The van der Waals surface area contributed by atoms with Crippen LogP contribution in [0.15, 0.2) is 33.8 Å². The number of fused-ring (bicyclic) bond motifs is 1. The second-order valence-corrected chi connectivity index (χ2v) is 4.63. The van der Waals surface area contributed by atoms with Crippen molar-refractivity contribution in [3.05, 3.63) is 23.8 Å². The maximum absolute atomic E-state index is 10.7. The van der Waals surface area contributed by atoms with Gasteiger partial charge in [-0.2, -0.15) is 0 Å². The molecule has 3 heterocycles. The molecule has 1 atom stereocenters. The largest absolute Gasteiger partial charge is 1.00 e. The number of hydrogen-bond acceptors (Lipinski definition) is 4. The van der Waals surface area contributed by atoms with Gasteiger partial charge in [0.2, 0.25) is 0 Å². The number of quaternary nitrogens is 1. The molecule has 1 N–H and O–H groups in total. The first-order valence-electron chi connectivity index (χ1n) is 6.07. The molecule has 1 saturated heterocycles. The second-order valence-electron chi connectivity index (χ2n) is 4.63. The Morgan fingerprint density at radius 2 is 2.16 bits per heavy atom. The summed E-state index contributed by atoms with van der Waals surface area (Å²) in [5.74, 6) is 0.322. The van der Waals surface area contributed by atoms with E-state index >= 15 is 0 Å². The van der Waals surface area contributed by atoms with E-state index in [4.69, 9.17) is 0 Å². The van der Waals surface area contributed by atoms with Crippen LogP contribution in [0, 0.1) is 5.92 Å². The Hall–Kier alpha value is -1.66. The SMILES string of the molecule is O=C([O-])N1CCC(C2=C3C=NC=C[NH+]3C=N2)CC1.[Cl-]. The predicted octanol–water partition coefficient (Wildman–Crippen LogP) is -4.26. The van der Waals surface area contributed by atoms with Gasteiger partial charge in [0, 0.05) is 19.0 Å². The van der Waals surface area contributed by atoms with E-state index in [2.05, 4.69) is 9.98 Å². The molecule has 1 fully saturated rings. The summed E-state index contributed by atoms with van der Waals surface area (Å²) in [6, 6.07) is 0. The van der Waals surface area contributed by atoms with Gasteiger partial charge in [-0.05, 0) is 12.8 Å². The van der Waals surface area contributed by atoms with Crippen molar-refractivity contribution in [1.29, 1.82) is 0 Å². The highest BCUT2D eigenvalue weighted by Crippen LogP contribution is 2.27. The molecule has 102 valence electrons. The number of rotatable bonds is 1. The maximum atomic E-state index is 10.7. The molecule has 0 radical (unpaired) electrons. The third kappa shape index (κ3) is 2.54. The van der Waals surface area contributed by atoms with Crippen molar-refractivity contribution in [3.8, 4) is 0 Å². The van der Waals surface area contributed by atoms with Crippen molar-refractivity contribution < 1.29 is 27.2 Å². The fourth-order valence-electron chi connectivity index (χ4n) is 2.60. The lowest BCUT2D eigenvalue weighted by molar-refractivity contribution is -0.682. The third-order valence-corrected chi connectivity index (χ3v) is 3.61. The summed E-state index contributed by atoms with van der Waals surface area (Å²) in [5.41, 5.74) is 2.14. The summed E-state index contributed by atoms with van der Waals surface area (Å²) in [6.45, 7) is 1.06. The van der Waals surface area contributed by atoms with E-state index in [9.17, 15) is 9.90 Å². The van der Waals surface area contributed by atoms with Gasteiger partial charge in [0.05, 0.1) is 12.4 Å². The molecule has 0 aromatic rings. The molecular weight excluding hydrogens is 268 g/mol. The number of likely N-dealkylation sites (tertiary alicyclic amines) is 1. The van der Waals surface area contributed by atoms with Gasteiger partial charge in [-0.25, -0.2) is 9.89 Å². The molecular formula is C12H14ClN4O2-. The van der Waals surface area contributed by atoms with Crippen LogP contribution in [0.1, 0.15) is 12.8 Å². The normalized spacial score (nSPS) is 25.5. The smallest absolute Gasteiger partial charge is 0.198 e. The highest BCUT2D eigenvalue weighted by molar-refractivity contribution is 5.81. The minimum Gasteiger partial charge on any atom is -1.00 e. The van der Waals surface area contributed by atoms with E-state index in [0.29, 0.717) is 19.0 Å². The molecule has 3 rings (SSSR count). The van der Waals surface area contributed by atoms with Gasteiger partial charge in [-0.15, -0.1) is 0 Å². The summed E-state index contributed by atoms with van der Waals surface area (Å²) in [6.07, 6.45) is 7.93. The number of carbonyl (C=O) groups excluding carboxylic acids is 1. The first-order valence-corrected chi connectivity index (χ1v) is 6.07. The lowest BCUT2D eigenvalue weighted by atomic mass is 9.92. The minimum absolute atomic E-state index is 0. The van der Waals surface area contributed by atoms with E-state index < -0.39 is 6.09 Å². The van der Waals surface area contributed by atoms with E-state index in [0.717, 1.165) is 29.1 Å². The van der Waals surface area contributed by atoms with E-state index in [1.54, 1.807) is 6.20 Å². The lowest BCUT2D eigenvalue weighted by Crippen LogP contribution is -3.04. The van der Waals surface area contributed by atoms with Gasteiger partial charge in [-0.3, -0.25) is 4.99 Å². The first-order chi connectivity index (χ1) is 8.75. The van der Waals surface area contributed by atoms with Crippen molar-refractivity contribution >= 4 is 18.6 Å². The van der Waals surface area contributed by atoms with Crippen LogP contribution in [0.25, 0.3) is 0 Å². The summed E-state index contributed by atoms with van der Waals surface area (Å²) >= 11 is 0. The highest BCUT2D eigenvalue weighted by atomic mass is 35.5. The molecule has 1 unspecified atom stereocenters. The molecule has 7 heteroatoms. The van der Waals surface area contributed by atoms with E-state index in [-0.39, 0.29) is 12.4 Å². The molecule has 0 spiro atoms. The van der Waals surface area contributed by atoms with Crippen LogP contribution >= 0.6 is 0 Å². The van der Waals surface area contributed by atoms with Crippen molar-refractivity contribution in [2.45, 2.75) is 12.8 Å². The molecule has 6 nitrogen and oxygen atoms in total. The number of amides is 1. The van der Waals surface area contributed by atoms with Crippen molar-refractivity contribution in [3.63, 3.8) is 0 Å². The van der Waals surface area contributed by atoms with E-state index in [1.165, 1.54) is 4.90 Å². The topological polar surface area (TPSA) is 72.5 Å². The molecule has 0 aromatic carbocycles. The molecule has 0 bridgehead atoms. The molecule has 0 saturated carbocycles. The van der Waals surface area contributed by atoms with Crippen LogP contribution in [0.3, 0.4) is 0 Å². The highest BCUT2D eigenvalue weighted by Gasteiger charge is 2.31. The molecule has 0 aliphatic carbocycles. The lowest BCUT2D eigenvalue weighted by Gasteiger charge is -2.33. The van der Waals surface area contributed by atoms with Crippen LogP contribution in [-0.4, -0.2) is 36.6 Å². The quantitative estimate of drug-likeness (QED) is 0.529. The average molecular weight is 282 g/mol. The van der Waals surface area contributed by atoms with Crippen LogP contribution < -0.4 is 22.4 Å². The zero-order valence-corrected chi connectivity index (χ0v) is 11.0. The Morgan fingerprint density at radius 3 is 2.84 bits per heavy atom. The number of hydrogen-bond donors (Lipinski definition) is 1. The fraction of sp³-hybridized carbons (Fsp3) is 0.417. The summed E-state index contributed by atoms with van der Waals surface area (Å²) in [7, 11) is 0.